The maximum absolute atomic E-state index is 6.12. The first-order valence-electron chi connectivity index (χ1n) is 6.14. The summed E-state index contributed by atoms with van der Waals surface area (Å²) in [5.41, 5.74) is 3.74. The van der Waals surface area contributed by atoms with E-state index >= 15 is 0 Å². The molecule has 1 unspecified atom stereocenters. The Morgan fingerprint density at radius 1 is 1.11 bits per heavy atom. The number of benzene rings is 2. The molecule has 0 spiro atoms. The molecular formula is C16H14ClNS. The van der Waals surface area contributed by atoms with Crippen LogP contribution in [0.5, 0.6) is 0 Å². The highest BCUT2D eigenvalue weighted by atomic mass is 35.5. The molecule has 96 valence electrons. The third-order valence-corrected chi connectivity index (χ3v) is 4.53. The molecule has 0 bridgehead atoms. The van der Waals surface area contributed by atoms with Gasteiger partial charge in [0.05, 0.1) is 5.25 Å². The van der Waals surface area contributed by atoms with Crippen LogP contribution in [0.25, 0.3) is 10.9 Å². The van der Waals surface area contributed by atoms with E-state index in [1.165, 1.54) is 16.5 Å². The van der Waals surface area contributed by atoms with Gasteiger partial charge in [-0.2, -0.15) is 11.8 Å². The van der Waals surface area contributed by atoms with Gasteiger partial charge >= 0.3 is 0 Å². The van der Waals surface area contributed by atoms with Crippen LogP contribution in [0.4, 0.5) is 0 Å². The van der Waals surface area contributed by atoms with Crippen molar-refractivity contribution >= 4 is 34.3 Å². The van der Waals surface area contributed by atoms with Crippen molar-refractivity contribution in [2.75, 3.05) is 6.26 Å². The SMILES string of the molecule is CSC(c1ccccc1)c1c[nH]c2ccc(Cl)cc12. The first kappa shape index (κ1) is 12.6. The number of thioether (sulfide) groups is 1. The second-order valence-electron chi connectivity index (χ2n) is 4.46. The molecule has 0 aliphatic rings. The summed E-state index contributed by atoms with van der Waals surface area (Å²) >= 11 is 7.96. The fourth-order valence-corrected chi connectivity index (χ4v) is 3.45. The molecule has 1 heterocycles. The molecule has 1 nitrogen and oxygen atoms in total. The smallest absolute Gasteiger partial charge is 0.0564 e. The minimum Gasteiger partial charge on any atom is -0.361 e. The number of nitrogens with one attached hydrogen (secondary N) is 1. The lowest BCUT2D eigenvalue weighted by molar-refractivity contribution is 1.17. The maximum atomic E-state index is 6.12. The summed E-state index contributed by atoms with van der Waals surface area (Å²) in [5.74, 6) is 0. The van der Waals surface area contributed by atoms with E-state index in [1.54, 1.807) is 0 Å². The summed E-state index contributed by atoms with van der Waals surface area (Å²) in [5, 5.41) is 2.31. The topological polar surface area (TPSA) is 15.8 Å². The summed E-state index contributed by atoms with van der Waals surface area (Å²) in [6.07, 6.45) is 4.23. The van der Waals surface area contributed by atoms with Crippen molar-refractivity contribution in [3.8, 4) is 0 Å². The van der Waals surface area contributed by atoms with Crippen LogP contribution in [0.1, 0.15) is 16.4 Å². The zero-order valence-electron chi connectivity index (χ0n) is 10.6. The molecule has 3 aromatic rings. The van der Waals surface area contributed by atoms with Crippen molar-refractivity contribution in [2.45, 2.75) is 5.25 Å². The lowest BCUT2D eigenvalue weighted by Crippen LogP contribution is -1.94. The normalized spacial score (nSPS) is 12.7. The van der Waals surface area contributed by atoms with Crippen LogP contribution in [0.15, 0.2) is 54.7 Å². The number of fused-ring (bicyclic) bond motifs is 1. The van der Waals surface area contributed by atoms with E-state index in [9.17, 15) is 0 Å². The molecule has 3 heteroatoms. The zero-order chi connectivity index (χ0) is 13.2. The Morgan fingerprint density at radius 2 is 1.89 bits per heavy atom. The molecule has 0 saturated carbocycles. The molecular weight excluding hydrogens is 274 g/mol. The second-order valence-corrected chi connectivity index (χ2v) is 5.84. The van der Waals surface area contributed by atoms with Gasteiger partial charge in [-0.05, 0) is 35.6 Å². The predicted molar refractivity (Wildman–Crippen MR) is 85.1 cm³/mol. The number of H-pyrrole nitrogens is 1. The van der Waals surface area contributed by atoms with Crippen LogP contribution in [-0.2, 0) is 0 Å². The Bertz CT molecular complexity index is 690. The Labute approximate surface area is 122 Å². The van der Waals surface area contributed by atoms with E-state index in [0.29, 0.717) is 5.25 Å². The van der Waals surface area contributed by atoms with Crippen LogP contribution in [0, 0.1) is 0 Å². The molecule has 0 saturated heterocycles. The number of aromatic amines is 1. The molecule has 19 heavy (non-hydrogen) atoms. The molecule has 0 radical (unpaired) electrons. The minimum atomic E-state index is 0.327. The standard InChI is InChI=1S/C16H14ClNS/c1-19-16(11-5-3-2-4-6-11)14-10-18-15-8-7-12(17)9-13(14)15/h2-10,16,18H,1H3. The third kappa shape index (κ3) is 2.38. The van der Waals surface area contributed by atoms with Crippen molar-refractivity contribution in [3.63, 3.8) is 0 Å². The number of halogens is 1. The van der Waals surface area contributed by atoms with Crippen LogP contribution in [-0.4, -0.2) is 11.2 Å². The fourth-order valence-electron chi connectivity index (χ4n) is 2.40. The van der Waals surface area contributed by atoms with Crippen LogP contribution in [0.3, 0.4) is 0 Å². The number of aromatic nitrogens is 1. The minimum absolute atomic E-state index is 0.327. The Balaban J connectivity index is 2.14. The van der Waals surface area contributed by atoms with Crippen LogP contribution < -0.4 is 0 Å². The summed E-state index contributed by atoms with van der Waals surface area (Å²) in [7, 11) is 0. The number of rotatable bonds is 3. The monoisotopic (exact) mass is 287 g/mol. The molecule has 0 aliphatic heterocycles. The first-order chi connectivity index (χ1) is 9.29. The molecule has 1 N–H and O–H groups in total. The van der Waals surface area contributed by atoms with Gasteiger partial charge in [0.1, 0.15) is 0 Å². The van der Waals surface area contributed by atoms with E-state index in [-0.39, 0.29) is 0 Å². The highest BCUT2D eigenvalue weighted by Crippen LogP contribution is 2.38. The van der Waals surface area contributed by atoms with E-state index in [0.717, 1.165) is 10.5 Å². The van der Waals surface area contributed by atoms with Gasteiger partial charge in [0.25, 0.3) is 0 Å². The van der Waals surface area contributed by atoms with Gasteiger partial charge in [0.15, 0.2) is 0 Å². The third-order valence-electron chi connectivity index (χ3n) is 3.30. The van der Waals surface area contributed by atoms with Gasteiger partial charge in [-0.25, -0.2) is 0 Å². The summed E-state index contributed by atoms with van der Waals surface area (Å²) in [6.45, 7) is 0. The lowest BCUT2D eigenvalue weighted by atomic mass is 10.0. The molecule has 2 aromatic carbocycles. The molecule has 3 rings (SSSR count). The highest BCUT2D eigenvalue weighted by Gasteiger charge is 2.16. The average molecular weight is 288 g/mol. The Hall–Kier alpha value is -1.38. The van der Waals surface area contributed by atoms with Gasteiger partial charge in [0.2, 0.25) is 0 Å². The largest absolute Gasteiger partial charge is 0.361 e. The van der Waals surface area contributed by atoms with Crippen molar-refractivity contribution in [1.82, 2.24) is 4.98 Å². The number of hydrogen-bond donors (Lipinski definition) is 1. The summed E-state index contributed by atoms with van der Waals surface area (Å²) in [4.78, 5) is 3.33. The van der Waals surface area contributed by atoms with Gasteiger partial charge < -0.3 is 4.98 Å². The van der Waals surface area contributed by atoms with Gasteiger partial charge in [-0.15, -0.1) is 0 Å². The van der Waals surface area contributed by atoms with Crippen molar-refractivity contribution in [3.05, 3.63) is 70.9 Å². The second kappa shape index (κ2) is 5.32. The van der Waals surface area contributed by atoms with Gasteiger partial charge in [-0.1, -0.05) is 41.9 Å². The van der Waals surface area contributed by atoms with Gasteiger partial charge in [-0.3, -0.25) is 0 Å². The van der Waals surface area contributed by atoms with Crippen LogP contribution >= 0.6 is 23.4 Å². The molecule has 1 aromatic heterocycles. The van der Waals surface area contributed by atoms with E-state index < -0.39 is 0 Å². The maximum Gasteiger partial charge on any atom is 0.0564 e. The van der Waals surface area contributed by atoms with E-state index in [2.05, 4.69) is 41.7 Å². The Kier molecular flexibility index (Phi) is 3.54. The van der Waals surface area contributed by atoms with E-state index in [1.807, 2.05) is 36.0 Å². The molecule has 0 amide bonds. The molecule has 0 aliphatic carbocycles. The highest BCUT2D eigenvalue weighted by molar-refractivity contribution is 7.99. The average Bonchev–Trinajstić information content (AvgIpc) is 2.84. The first-order valence-corrected chi connectivity index (χ1v) is 7.80. The van der Waals surface area contributed by atoms with Crippen molar-refractivity contribution < 1.29 is 0 Å². The van der Waals surface area contributed by atoms with Gasteiger partial charge in [0, 0.05) is 22.1 Å². The summed E-state index contributed by atoms with van der Waals surface area (Å²) < 4.78 is 0. The summed E-state index contributed by atoms with van der Waals surface area (Å²) in [6, 6.07) is 16.5. The zero-order valence-corrected chi connectivity index (χ0v) is 12.1. The quantitative estimate of drug-likeness (QED) is 0.693. The lowest BCUT2D eigenvalue weighted by Gasteiger charge is -2.14. The number of hydrogen-bond acceptors (Lipinski definition) is 1. The predicted octanol–water partition coefficient (Wildman–Crippen LogP) is 5.27. The molecule has 1 atom stereocenters. The van der Waals surface area contributed by atoms with Crippen molar-refractivity contribution in [1.29, 1.82) is 0 Å². The van der Waals surface area contributed by atoms with E-state index in [4.69, 9.17) is 11.6 Å². The fraction of sp³-hybridized carbons (Fsp3) is 0.125. The van der Waals surface area contributed by atoms with Crippen LogP contribution in [0.2, 0.25) is 5.02 Å². The molecule has 0 fully saturated rings. The van der Waals surface area contributed by atoms with Crippen molar-refractivity contribution in [2.24, 2.45) is 0 Å². The Morgan fingerprint density at radius 3 is 2.63 bits per heavy atom.